The molecule has 3 aliphatic rings. The van der Waals surface area contributed by atoms with E-state index in [2.05, 4.69) is 32.0 Å². The number of hydrogen-bond donors (Lipinski definition) is 1. The van der Waals surface area contributed by atoms with E-state index in [9.17, 15) is 4.79 Å². The Morgan fingerprint density at radius 3 is 2.55 bits per heavy atom. The van der Waals surface area contributed by atoms with Gasteiger partial charge in [-0.25, -0.2) is 9.97 Å². The summed E-state index contributed by atoms with van der Waals surface area (Å²) < 4.78 is 0. The number of halogens is 1. The first-order valence-corrected chi connectivity index (χ1v) is 12.5. The van der Waals surface area contributed by atoms with E-state index in [0.29, 0.717) is 10.3 Å². The summed E-state index contributed by atoms with van der Waals surface area (Å²) in [5, 5.41) is 4.55. The number of carbonyl (C=O) groups is 1. The number of anilines is 1. The third-order valence-electron chi connectivity index (χ3n) is 6.95. The highest BCUT2D eigenvalue weighted by Crippen LogP contribution is 2.44. The summed E-state index contributed by atoms with van der Waals surface area (Å²) in [6.07, 6.45) is 3.33. The molecule has 1 atom stereocenters. The maximum absolute atomic E-state index is 13.9. The van der Waals surface area contributed by atoms with Crippen molar-refractivity contribution < 1.29 is 4.79 Å². The van der Waals surface area contributed by atoms with Crippen molar-refractivity contribution in [3.63, 3.8) is 0 Å². The van der Waals surface area contributed by atoms with Gasteiger partial charge in [0.1, 0.15) is 12.1 Å². The molecule has 4 heterocycles. The molecular weight excluding hydrogens is 430 g/mol. The molecule has 0 unspecified atom stereocenters. The summed E-state index contributed by atoms with van der Waals surface area (Å²) in [4.78, 5) is 27.4. The normalized spacial score (nSPS) is 23.0. The molecule has 1 amide bonds. The van der Waals surface area contributed by atoms with Crippen molar-refractivity contribution in [2.75, 3.05) is 44.2 Å². The molecule has 6 nitrogen and oxygen atoms in total. The number of benzene rings is 1. The summed E-state index contributed by atoms with van der Waals surface area (Å²) >= 11 is 8.04. The fraction of sp³-hybridized carbons (Fsp3) is 0.522. The van der Waals surface area contributed by atoms with Crippen LogP contribution in [0.15, 0.2) is 30.6 Å². The number of amides is 1. The molecule has 1 aromatic carbocycles. The largest absolute Gasteiger partial charge is 0.353 e. The van der Waals surface area contributed by atoms with Gasteiger partial charge in [0.05, 0.1) is 11.1 Å². The molecule has 164 valence electrons. The molecule has 2 saturated heterocycles. The number of piperidine rings is 1. The molecule has 0 bridgehead atoms. The van der Waals surface area contributed by atoms with E-state index in [1.807, 2.05) is 36.0 Å². The van der Waals surface area contributed by atoms with Gasteiger partial charge in [0.25, 0.3) is 0 Å². The zero-order chi connectivity index (χ0) is 21.4. The molecule has 0 radical (unpaired) electrons. The van der Waals surface area contributed by atoms with Crippen LogP contribution >= 0.6 is 23.4 Å². The highest BCUT2D eigenvalue weighted by molar-refractivity contribution is 7.99. The Kier molecular flexibility index (Phi) is 5.84. The third kappa shape index (κ3) is 3.81. The summed E-state index contributed by atoms with van der Waals surface area (Å²) in [7, 11) is 0. The van der Waals surface area contributed by atoms with Crippen LogP contribution in [0.1, 0.15) is 41.8 Å². The lowest BCUT2D eigenvalue weighted by Gasteiger charge is -2.43. The molecule has 1 N–H and O–H groups in total. The van der Waals surface area contributed by atoms with Crippen LogP contribution in [0.5, 0.6) is 0 Å². The second-order valence-electron chi connectivity index (χ2n) is 8.63. The van der Waals surface area contributed by atoms with Crippen molar-refractivity contribution in [1.29, 1.82) is 0 Å². The average molecular weight is 458 g/mol. The Morgan fingerprint density at radius 2 is 1.84 bits per heavy atom. The minimum atomic E-state index is -0.459. The van der Waals surface area contributed by atoms with E-state index in [0.717, 1.165) is 74.9 Å². The van der Waals surface area contributed by atoms with E-state index in [1.54, 1.807) is 6.33 Å². The van der Waals surface area contributed by atoms with E-state index in [-0.39, 0.29) is 5.91 Å². The number of nitrogens with one attached hydrogen (secondary N) is 1. The Bertz CT molecular complexity index is 955. The van der Waals surface area contributed by atoms with Crippen molar-refractivity contribution in [2.24, 2.45) is 0 Å². The highest BCUT2D eigenvalue weighted by atomic mass is 35.5. The standard InChI is InChI=1S/C23H28ClN5OS/c1-16-20-19(14-31-16)26-15-27-21(20)28-10-12-29(13-11-28)22(30)23(6-8-25-9-7-23)17-2-4-18(24)5-3-17/h2-5,15-16,25H,6-14H2,1H3/t16-/m0/s1. The van der Waals surface area contributed by atoms with E-state index >= 15 is 0 Å². The summed E-state index contributed by atoms with van der Waals surface area (Å²) in [5.74, 6) is 2.28. The first kappa shape index (κ1) is 21.0. The smallest absolute Gasteiger partial charge is 0.233 e. The maximum Gasteiger partial charge on any atom is 0.233 e. The van der Waals surface area contributed by atoms with Crippen molar-refractivity contribution in [1.82, 2.24) is 20.2 Å². The lowest BCUT2D eigenvalue weighted by Crippen LogP contribution is -2.57. The number of nitrogens with zero attached hydrogens (tertiary/aromatic N) is 4. The van der Waals surface area contributed by atoms with Crippen molar-refractivity contribution in [2.45, 2.75) is 36.2 Å². The number of fused-ring (bicyclic) bond motifs is 1. The van der Waals surface area contributed by atoms with Crippen LogP contribution in [0.25, 0.3) is 0 Å². The van der Waals surface area contributed by atoms with Gasteiger partial charge >= 0.3 is 0 Å². The van der Waals surface area contributed by atoms with Gasteiger partial charge in [0.15, 0.2) is 0 Å². The zero-order valence-electron chi connectivity index (χ0n) is 17.8. The van der Waals surface area contributed by atoms with Crippen LogP contribution in [0.3, 0.4) is 0 Å². The van der Waals surface area contributed by atoms with Crippen molar-refractivity contribution >= 4 is 35.1 Å². The zero-order valence-corrected chi connectivity index (χ0v) is 19.4. The van der Waals surface area contributed by atoms with Gasteiger partial charge < -0.3 is 15.1 Å². The van der Waals surface area contributed by atoms with Gasteiger partial charge in [-0.3, -0.25) is 4.79 Å². The second-order valence-corrected chi connectivity index (χ2v) is 10.4. The third-order valence-corrected chi connectivity index (χ3v) is 8.38. The predicted octanol–water partition coefficient (Wildman–Crippen LogP) is 3.41. The Balaban J connectivity index is 1.35. The fourth-order valence-electron chi connectivity index (χ4n) is 5.16. The molecule has 0 saturated carbocycles. The molecule has 0 spiro atoms. The van der Waals surface area contributed by atoms with E-state index < -0.39 is 5.41 Å². The van der Waals surface area contributed by atoms with Crippen LogP contribution in [0.2, 0.25) is 5.02 Å². The van der Waals surface area contributed by atoms with E-state index in [4.69, 9.17) is 11.6 Å². The number of aromatic nitrogens is 2. The second kappa shape index (κ2) is 8.60. The molecule has 5 rings (SSSR count). The van der Waals surface area contributed by atoms with Crippen LogP contribution in [-0.4, -0.2) is 60.0 Å². The molecule has 2 aromatic rings. The minimum Gasteiger partial charge on any atom is -0.353 e. The predicted molar refractivity (Wildman–Crippen MR) is 126 cm³/mol. The van der Waals surface area contributed by atoms with Crippen molar-refractivity contribution in [3.05, 3.63) is 52.4 Å². The van der Waals surface area contributed by atoms with Gasteiger partial charge in [0, 0.05) is 47.8 Å². The summed E-state index contributed by atoms with van der Waals surface area (Å²) in [6, 6.07) is 7.87. The van der Waals surface area contributed by atoms with Crippen LogP contribution in [0, 0.1) is 0 Å². The molecule has 2 fully saturated rings. The molecule has 3 aliphatic heterocycles. The fourth-order valence-corrected chi connectivity index (χ4v) is 6.34. The van der Waals surface area contributed by atoms with Gasteiger partial charge in [0.2, 0.25) is 5.91 Å². The quantitative estimate of drug-likeness (QED) is 0.762. The summed E-state index contributed by atoms with van der Waals surface area (Å²) in [6.45, 7) is 7.01. The average Bonchev–Trinajstić information content (AvgIpc) is 3.21. The number of piperazine rings is 1. The van der Waals surface area contributed by atoms with Gasteiger partial charge in [-0.1, -0.05) is 23.7 Å². The van der Waals surface area contributed by atoms with Gasteiger partial charge in [-0.2, -0.15) is 0 Å². The van der Waals surface area contributed by atoms with Crippen molar-refractivity contribution in [3.8, 4) is 0 Å². The first-order chi connectivity index (χ1) is 15.1. The number of thioether (sulfide) groups is 1. The minimum absolute atomic E-state index is 0.257. The monoisotopic (exact) mass is 457 g/mol. The van der Waals surface area contributed by atoms with Gasteiger partial charge in [-0.15, -0.1) is 11.8 Å². The molecule has 1 aromatic heterocycles. The number of carbonyl (C=O) groups excluding carboxylic acids is 1. The van der Waals surface area contributed by atoms with Crippen LogP contribution in [-0.2, 0) is 16.0 Å². The Hall–Kier alpha value is -1.83. The topological polar surface area (TPSA) is 61.4 Å². The molecule has 8 heteroatoms. The molecular formula is C23H28ClN5OS. The SMILES string of the molecule is C[C@@H]1SCc2ncnc(N3CCN(C(=O)C4(c5ccc(Cl)cc5)CCNCC4)CC3)c21. The first-order valence-electron chi connectivity index (χ1n) is 11.0. The summed E-state index contributed by atoms with van der Waals surface area (Å²) in [5.41, 5.74) is 3.07. The van der Waals surface area contributed by atoms with Gasteiger partial charge in [-0.05, 0) is 50.6 Å². The number of hydrogen-bond acceptors (Lipinski definition) is 6. The lowest BCUT2D eigenvalue weighted by atomic mass is 9.72. The molecule has 0 aliphatic carbocycles. The van der Waals surface area contributed by atoms with E-state index in [1.165, 1.54) is 5.56 Å². The highest BCUT2D eigenvalue weighted by Gasteiger charge is 2.44. The molecule has 31 heavy (non-hydrogen) atoms. The number of rotatable bonds is 3. The Labute approximate surface area is 192 Å². The Morgan fingerprint density at radius 1 is 1.13 bits per heavy atom. The van der Waals surface area contributed by atoms with Crippen LogP contribution < -0.4 is 10.2 Å². The van der Waals surface area contributed by atoms with Crippen LogP contribution in [0.4, 0.5) is 5.82 Å². The lowest BCUT2D eigenvalue weighted by molar-refractivity contribution is -0.139. The maximum atomic E-state index is 13.9.